The summed E-state index contributed by atoms with van der Waals surface area (Å²) in [5.41, 5.74) is 0.492. The normalized spacial score (nSPS) is 11.0. The molecule has 0 aliphatic carbocycles. The Labute approximate surface area is 81.8 Å². The van der Waals surface area contributed by atoms with Gasteiger partial charge in [-0.3, -0.25) is 0 Å². The molecule has 0 bridgehead atoms. The molecule has 0 aromatic carbocycles. The first-order valence-electron chi connectivity index (χ1n) is 4.67. The molecule has 5 nitrogen and oxygen atoms in total. The second-order valence-corrected chi connectivity index (χ2v) is 3.02. The van der Waals surface area contributed by atoms with Gasteiger partial charge in [0.25, 0.3) is 0 Å². The van der Waals surface area contributed by atoms with Gasteiger partial charge in [0.15, 0.2) is 11.5 Å². The number of aromatic nitrogens is 4. The molecule has 0 fully saturated rings. The van der Waals surface area contributed by atoms with Crippen molar-refractivity contribution in [1.29, 1.82) is 0 Å². The minimum Gasteiger partial charge on any atom is -0.492 e. The maximum atomic E-state index is 9.47. The van der Waals surface area contributed by atoms with E-state index in [1.54, 1.807) is 6.33 Å². The molecule has 2 rings (SSSR count). The molecular formula is C9H12N4O. The summed E-state index contributed by atoms with van der Waals surface area (Å²) in [7, 11) is 0. The lowest BCUT2D eigenvalue weighted by Crippen LogP contribution is -2.02. The molecule has 5 heteroatoms. The van der Waals surface area contributed by atoms with Gasteiger partial charge >= 0.3 is 0 Å². The fourth-order valence-electron chi connectivity index (χ4n) is 1.36. The van der Waals surface area contributed by atoms with Gasteiger partial charge in [0.2, 0.25) is 5.88 Å². The van der Waals surface area contributed by atoms with Crippen LogP contribution >= 0.6 is 0 Å². The fraction of sp³-hybridized carbons (Fsp3) is 0.444. The minimum absolute atomic E-state index is 0.0445. The van der Waals surface area contributed by atoms with Crippen molar-refractivity contribution in [2.24, 2.45) is 0 Å². The highest BCUT2D eigenvalue weighted by molar-refractivity contribution is 5.57. The third-order valence-corrected chi connectivity index (χ3v) is 2.15. The van der Waals surface area contributed by atoms with Gasteiger partial charge in [-0.15, -0.1) is 0 Å². The SMILES string of the molecule is CCc1nc2c(O)ncn(CC)c-2n1. The van der Waals surface area contributed by atoms with Crippen LogP contribution in [0.4, 0.5) is 0 Å². The molecule has 0 aromatic heterocycles. The molecule has 1 N–H and O–H groups in total. The van der Waals surface area contributed by atoms with Gasteiger partial charge in [-0.05, 0) is 6.92 Å². The molecule has 0 radical (unpaired) electrons. The molecule has 0 spiro atoms. The van der Waals surface area contributed by atoms with Crippen LogP contribution in [0.3, 0.4) is 0 Å². The Hall–Kier alpha value is -1.65. The van der Waals surface area contributed by atoms with Crippen molar-refractivity contribution in [1.82, 2.24) is 19.5 Å². The van der Waals surface area contributed by atoms with E-state index in [1.807, 2.05) is 18.4 Å². The first-order chi connectivity index (χ1) is 6.76. The average Bonchev–Trinajstić information content (AvgIpc) is 2.63. The number of nitrogens with zero attached hydrogens (tertiary/aromatic N) is 4. The monoisotopic (exact) mass is 192 g/mol. The van der Waals surface area contributed by atoms with Crippen molar-refractivity contribution in [3.63, 3.8) is 0 Å². The Kier molecular flexibility index (Phi) is 2.07. The number of hydrogen-bond donors (Lipinski definition) is 1. The lowest BCUT2D eigenvalue weighted by molar-refractivity contribution is 0.448. The van der Waals surface area contributed by atoms with Crippen LogP contribution in [0.5, 0.6) is 5.88 Å². The van der Waals surface area contributed by atoms with Crippen molar-refractivity contribution in [2.45, 2.75) is 26.8 Å². The van der Waals surface area contributed by atoms with Crippen LogP contribution < -0.4 is 0 Å². The standard InChI is InChI=1S/C9H12N4O/c1-3-6-11-7-8(12-6)13(4-2)5-10-9(7)14/h5,14H,3-4H2,1-2H3. The number of imidazole rings is 1. The van der Waals surface area contributed by atoms with Crippen LogP contribution in [-0.4, -0.2) is 24.6 Å². The Bertz CT molecular complexity index is 423. The van der Waals surface area contributed by atoms with Gasteiger partial charge in [0.1, 0.15) is 12.2 Å². The van der Waals surface area contributed by atoms with Crippen LogP contribution in [0.1, 0.15) is 19.7 Å². The lowest BCUT2D eigenvalue weighted by atomic mass is 10.4. The molecule has 2 heterocycles. The second kappa shape index (κ2) is 3.25. The largest absolute Gasteiger partial charge is 0.492 e. The Morgan fingerprint density at radius 3 is 2.79 bits per heavy atom. The fourth-order valence-corrected chi connectivity index (χ4v) is 1.36. The summed E-state index contributed by atoms with van der Waals surface area (Å²) < 4.78 is 1.86. The summed E-state index contributed by atoms with van der Waals surface area (Å²) in [6, 6.07) is 0. The third-order valence-electron chi connectivity index (χ3n) is 2.15. The van der Waals surface area contributed by atoms with Crippen molar-refractivity contribution in [3.05, 3.63) is 12.2 Å². The molecule has 0 saturated heterocycles. The summed E-state index contributed by atoms with van der Waals surface area (Å²) in [4.78, 5) is 12.4. The average molecular weight is 192 g/mol. The van der Waals surface area contributed by atoms with Crippen LogP contribution in [0.25, 0.3) is 11.5 Å². The molecule has 74 valence electrons. The number of aryl methyl sites for hydroxylation is 2. The van der Waals surface area contributed by atoms with Gasteiger partial charge in [0, 0.05) is 13.0 Å². The van der Waals surface area contributed by atoms with Crippen LogP contribution in [0, 0.1) is 0 Å². The zero-order valence-electron chi connectivity index (χ0n) is 8.23. The number of hydrogen-bond acceptors (Lipinski definition) is 4. The molecule has 0 saturated carbocycles. The van der Waals surface area contributed by atoms with E-state index in [0.29, 0.717) is 11.5 Å². The van der Waals surface area contributed by atoms with Crippen molar-refractivity contribution >= 4 is 0 Å². The van der Waals surface area contributed by atoms with Gasteiger partial charge in [-0.25, -0.2) is 15.0 Å². The van der Waals surface area contributed by atoms with Crippen molar-refractivity contribution in [2.75, 3.05) is 0 Å². The van der Waals surface area contributed by atoms with Gasteiger partial charge in [-0.1, -0.05) is 6.92 Å². The summed E-state index contributed by atoms with van der Waals surface area (Å²) in [5, 5.41) is 9.47. The van der Waals surface area contributed by atoms with Gasteiger partial charge < -0.3 is 9.67 Å². The van der Waals surface area contributed by atoms with E-state index in [2.05, 4.69) is 15.0 Å². The van der Waals surface area contributed by atoms with Crippen LogP contribution in [-0.2, 0) is 13.0 Å². The molecule has 2 aliphatic rings. The molecular weight excluding hydrogens is 180 g/mol. The minimum atomic E-state index is -0.0445. The molecule has 0 atom stereocenters. The lowest BCUT2D eigenvalue weighted by Gasteiger charge is -2.06. The predicted octanol–water partition coefficient (Wildman–Crippen LogP) is 1.07. The third kappa shape index (κ3) is 1.21. The highest BCUT2D eigenvalue weighted by Crippen LogP contribution is 2.25. The topological polar surface area (TPSA) is 63.8 Å². The second-order valence-electron chi connectivity index (χ2n) is 3.02. The van der Waals surface area contributed by atoms with E-state index >= 15 is 0 Å². The summed E-state index contributed by atoms with van der Waals surface area (Å²) in [6.07, 6.45) is 2.34. The highest BCUT2D eigenvalue weighted by Gasteiger charge is 2.17. The first kappa shape index (κ1) is 8.93. The Morgan fingerprint density at radius 2 is 2.14 bits per heavy atom. The molecule has 0 amide bonds. The summed E-state index contributed by atoms with van der Waals surface area (Å²) in [5.74, 6) is 1.40. The zero-order chi connectivity index (χ0) is 10.1. The van der Waals surface area contributed by atoms with Crippen LogP contribution in [0.15, 0.2) is 6.33 Å². The van der Waals surface area contributed by atoms with Crippen LogP contribution in [0.2, 0.25) is 0 Å². The Balaban J connectivity index is 2.67. The van der Waals surface area contributed by atoms with Crippen molar-refractivity contribution < 1.29 is 5.11 Å². The Morgan fingerprint density at radius 1 is 1.36 bits per heavy atom. The van der Waals surface area contributed by atoms with E-state index in [-0.39, 0.29) is 5.88 Å². The summed E-state index contributed by atoms with van der Waals surface area (Å²) >= 11 is 0. The maximum Gasteiger partial charge on any atom is 0.242 e. The molecule has 2 aliphatic heterocycles. The number of aromatic hydroxyl groups is 1. The van der Waals surface area contributed by atoms with Gasteiger partial charge in [0.05, 0.1) is 0 Å². The molecule has 0 unspecified atom stereocenters. The smallest absolute Gasteiger partial charge is 0.242 e. The first-order valence-corrected chi connectivity index (χ1v) is 4.67. The van der Waals surface area contributed by atoms with E-state index in [4.69, 9.17) is 0 Å². The molecule has 14 heavy (non-hydrogen) atoms. The predicted molar refractivity (Wildman–Crippen MR) is 51.2 cm³/mol. The van der Waals surface area contributed by atoms with E-state index in [1.165, 1.54) is 0 Å². The number of fused-ring (bicyclic) bond motifs is 1. The molecule has 0 aromatic rings. The van der Waals surface area contributed by atoms with E-state index < -0.39 is 0 Å². The zero-order valence-corrected chi connectivity index (χ0v) is 8.23. The van der Waals surface area contributed by atoms with E-state index in [9.17, 15) is 5.11 Å². The van der Waals surface area contributed by atoms with Gasteiger partial charge in [-0.2, -0.15) is 0 Å². The quantitative estimate of drug-likeness (QED) is 0.772. The van der Waals surface area contributed by atoms with Crippen molar-refractivity contribution in [3.8, 4) is 17.4 Å². The highest BCUT2D eigenvalue weighted by atomic mass is 16.3. The summed E-state index contributed by atoms with van der Waals surface area (Å²) in [6.45, 7) is 4.75. The maximum absolute atomic E-state index is 9.47. The van der Waals surface area contributed by atoms with E-state index in [0.717, 1.165) is 18.8 Å². The number of rotatable bonds is 2.